The fourth-order valence-electron chi connectivity index (χ4n) is 6.86. The molecule has 5 rings (SSSR count). The van der Waals surface area contributed by atoms with Gasteiger partial charge in [0.15, 0.2) is 0 Å². The van der Waals surface area contributed by atoms with Crippen LogP contribution in [0.4, 0.5) is 10.3 Å². The summed E-state index contributed by atoms with van der Waals surface area (Å²) in [5.74, 6) is 1.05. The third kappa shape index (κ3) is 8.25. The lowest BCUT2D eigenvalue weighted by Crippen LogP contribution is -2.70. The van der Waals surface area contributed by atoms with E-state index < -0.39 is 36.8 Å². The molecule has 12 nitrogen and oxygen atoms in total. The predicted molar refractivity (Wildman–Crippen MR) is 168 cm³/mol. The van der Waals surface area contributed by atoms with Gasteiger partial charge < -0.3 is 40.1 Å². The van der Waals surface area contributed by atoms with Gasteiger partial charge in [-0.1, -0.05) is 17.7 Å². The molecule has 1 spiro atoms. The van der Waals surface area contributed by atoms with Crippen LogP contribution in [0.1, 0.15) is 44.1 Å². The lowest BCUT2D eigenvalue weighted by Gasteiger charge is -2.53. The number of aromatic nitrogens is 2. The number of ether oxygens (including phenoxy) is 1. The first-order chi connectivity index (χ1) is 22.1. The van der Waals surface area contributed by atoms with Crippen molar-refractivity contribution in [3.05, 3.63) is 47.0 Å². The minimum atomic E-state index is -1.68. The van der Waals surface area contributed by atoms with Crippen molar-refractivity contribution < 1.29 is 39.5 Å². The summed E-state index contributed by atoms with van der Waals surface area (Å²) in [7, 11) is 0. The average molecular weight is 666 g/mol. The standard InChI is InChI=1S/C32H45ClFN5O7/c33-23-15-35-31(36-16-23)37-10-6-21(7-11-37)3-1-12-46-24-5-4-22(25(34)14-24)13-28(43)38-19-32(20-38)8-2-9-39(32)17-26(41)29(44)30(45)27(42)18-40/h4-5,14-16,21,26-27,29-30,40-42,44-45H,1-3,6-13,17-20H2/t26-,27+,29+,30+/m0/s1. The van der Waals surface area contributed by atoms with Crippen molar-refractivity contribution in [2.45, 2.75) is 74.9 Å². The fraction of sp³-hybridized carbons (Fsp3) is 0.656. The smallest absolute Gasteiger partial charge is 0.227 e. The van der Waals surface area contributed by atoms with Crippen molar-refractivity contribution in [3.8, 4) is 5.75 Å². The first-order valence-corrected chi connectivity index (χ1v) is 16.5. The van der Waals surface area contributed by atoms with Gasteiger partial charge in [0.05, 0.1) is 48.7 Å². The number of aliphatic hydroxyl groups excluding tert-OH is 5. The molecular formula is C32H45ClFN5O7. The van der Waals surface area contributed by atoms with Gasteiger partial charge in [0, 0.05) is 38.8 Å². The zero-order valence-electron chi connectivity index (χ0n) is 25.9. The van der Waals surface area contributed by atoms with Crippen LogP contribution in [0.15, 0.2) is 30.6 Å². The Labute approximate surface area is 273 Å². The lowest BCUT2D eigenvalue weighted by atomic mass is 9.86. The van der Waals surface area contributed by atoms with E-state index in [4.69, 9.17) is 21.4 Å². The summed E-state index contributed by atoms with van der Waals surface area (Å²) in [5.41, 5.74) is -0.0529. The molecule has 14 heteroatoms. The maximum Gasteiger partial charge on any atom is 0.227 e. The van der Waals surface area contributed by atoms with Crippen molar-refractivity contribution in [1.29, 1.82) is 0 Å². The van der Waals surface area contributed by atoms with E-state index in [0.29, 0.717) is 54.4 Å². The number of likely N-dealkylation sites (tertiary alicyclic amines) is 2. The van der Waals surface area contributed by atoms with E-state index in [1.807, 2.05) is 4.90 Å². The molecule has 5 N–H and O–H groups in total. The Kier molecular flexibility index (Phi) is 11.7. The summed E-state index contributed by atoms with van der Waals surface area (Å²) in [4.78, 5) is 27.4. The average Bonchev–Trinajstić information content (AvgIpc) is 3.46. The van der Waals surface area contributed by atoms with Crippen LogP contribution in [0.3, 0.4) is 0 Å². The normalized spacial score (nSPS) is 21.2. The van der Waals surface area contributed by atoms with Gasteiger partial charge in [-0.3, -0.25) is 9.69 Å². The number of amides is 1. The number of nitrogens with zero attached hydrogens (tertiary/aromatic N) is 5. The van der Waals surface area contributed by atoms with E-state index in [9.17, 15) is 29.6 Å². The number of β-amino-alcohol motifs (C(OH)–C–C–N with tert-alkyl or cyclic N) is 1. The third-order valence-electron chi connectivity index (χ3n) is 9.69. The lowest BCUT2D eigenvalue weighted by molar-refractivity contribution is -0.148. The molecular weight excluding hydrogens is 621 g/mol. The van der Waals surface area contributed by atoms with E-state index in [1.165, 1.54) is 6.07 Å². The number of halogens is 2. The molecule has 3 saturated heterocycles. The summed E-state index contributed by atoms with van der Waals surface area (Å²) in [5, 5.41) is 49.7. The molecule has 0 unspecified atom stereocenters. The van der Waals surface area contributed by atoms with Gasteiger partial charge >= 0.3 is 0 Å². The number of hydrogen-bond acceptors (Lipinski definition) is 11. The highest BCUT2D eigenvalue weighted by Crippen LogP contribution is 2.38. The highest BCUT2D eigenvalue weighted by atomic mass is 35.5. The number of aliphatic hydroxyl groups is 5. The van der Waals surface area contributed by atoms with Crippen molar-refractivity contribution in [2.24, 2.45) is 5.92 Å². The van der Waals surface area contributed by atoms with Gasteiger partial charge in [0.2, 0.25) is 11.9 Å². The summed E-state index contributed by atoms with van der Waals surface area (Å²) in [6.45, 7) is 3.08. The molecule has 1 amide bonds. The van der Waals surface area contributed by atoms with Gasteiger partial charge in [-0.15, -0.1) is 0 Å². The van der Waals surface area contributed by atoms with Crippen LogP contribution in [-0.2, 0) is 11.2 Å². The molecule has 3 aliphatic heterocycles. The van der Waals surface area contributed by atoms with Crippen LogP contribution in [0, 0.1) is 11.7 Å². The fourth-order valence-corrected chi connectivity index (χ4v) is 6.96. The summed E-state index contributed by atoms with van der Waals surface area (Å²) < 4.78 is 20.7. The summed E-state index contributed by atoms with van der Waals surface area (Å²) in [6.07, 6.45) is 2.55. The molecule has 0 radical (unpaired) electrons. The minimum Gasteiger partial charge on any atom is -0.493 e. The molecule has 1 aromatic carbocycles. The molecule has 2 aromatic rings. The molecule has 4 heterocycles. The highest BCUT2D eigenvalue weighted by Gasteiger charge is 2.52. The van der Waals surface area contributed by atoms with Gasteiger partial charge in [-0.05, 0) is 62.6 Å². The second kappa shape index (κ2) is 15.5. The number of carbonyl (C=O) groups excluding carboxylic acids is 1. The molecule has 1 aromatic heterocycles. The molecule has 46 heavy (non-hydrogen) atoms. The number of hydrogen-bond donors (Lipinski definition) is 5. The predicted octanol–water partition coefficient (Wildman–Crippen LogP) is 1.000. The quantitative estimate of drug-likeness (QED) is 0.183. The van der Waals surface area contributed by atoms with Crippen LogP contribution < -0.4 is 9.64 Å². The number of anilines is 1. The van der Waals surface area contributed by atoms with Crippen LogP contribution in [0.5, 0.6) is 5.75 Å². The summed E-state index contributed by atoms with van der Waals surface area (Å²) >= 11 is 5.88. The van der Waals surface area contributed by atoms with E-state index in [-0.39, 0.29) is 24.4 Å². The van der Waals surface area contributed by atoms with Crippen molar-refractivity contribution in [2.75, 3.05) is 57.4 Å². The zero-order valence-corrected chi connectivity index (χ0v) is 26.7. The number of benzene rings is 1. The van der Waals surface area contributed by atoms with E-state index in [2.05, 4.69) is 14.9 Å². The van der Waals surface area contributed by atoms with E-state index >= 15 is 0 Å². The van der Waals surface area contributed by atoms with Crippen molar-refractivity contribution >= 4 is 23.5 Å². The maximum atomic E-state index is 14.9. The molecule has 254 valence electrons. The topological polar surface area (TPSA) is 163 Å². The van der Waals surface area contributed by atoms with Crippen molar-refractivity contribution in [3.63, 3.8) is 0 Å². The second-order valence-corrected chi connectivity index (χ2v) is 13.3. The Balaban J connectivity index is 1.01. The van der Waals surface area contributed by atoms with Crippen LogP contribution in [-0.4, -0.2) is 134 Å². The number of piperidine rings is 1. The molecule has 4 atom stereocenters. The van der Waals surface area contributed by atoms with Gasteiger partial charge in [0.25, 0.3) is 0 Å². The number of rotatable bonds is 14. The Bertz CT molecular complexity index is 1300. The molecule has 3 fully saturated rings. The van der Waals surface area contributed by atoms with Gasteiger partial charge in [0.1, 0.15) is 29.9 Å². The van der Waals surface area contributed by atoms with Gasteiger partial charge in [-0.2, -0.15) is 0 Å². The highest BCUT2D eigenvalue weighted by molar-refractivity contribution is 6.30. The largest absolute Gasteiger partial charge is 0.493 e. The van der Waals surface area contributed by atoms with E-state index in [1.54, 1.807) is 29.4 Å². The Morgan fingerprint density at radius 3 is 2.43 bits per heavy atom. The van der Waals surface area contributed by atoms with E-state index in [0.717, 1.165) is 51.6 Å². The molecule has 0 saturated carbocycles. The van der Waals surface area contributed by atoms with Crippen LogP contribution in [0.25, 0.3) is 0 Å². The molecule has 0 bridgehead atoms. The molecule has 3 aliphatic rings. The first-order valence-electron chi connectivity index (χ1n) is 16.1. The van der Waals surface area contributed by atoms with Gasteiger partial charge in [-0.25, -0.2) is 14.4 Å². The van der Waals surface area contributed by atoms with Crippen LogP contribution >= 0.6 is 11.6 Å². The SMILES string of the molecule is O=C(Cc1ccc(OCCCC2CCN(c3ncc(Cl)cn3)CC2)cc1F)N1CC2(CCCN2C[C@H](O)[C@@H](O)[C@H](O)[C@H](O)CO)C1. The monoisotopic (exact) mass is 665 g/mol. The maximum absolute atomic E-state index is 14.9. The Morgan fingerprint density at radius 1 is 1.07 bits per heavy atom. The Morgan fingerprint density at radius 2 is 1.76 bits per heavy atom. The number of carbonyl (C=O) groups is 1. The first kappa shape index (κ1) is 34.7. The summed E-state index contributed by atoms with van der Waals surface area (Å²) in [6, 6.07) is 4.62. The second-order valence-electron chi connectivity index (χ2n) is 12.9. The van der Waals surface area contributed by atoms with Crippen LogP contribution in [0.2, 0.25) is 5.02 Å². The Hall–Kier alpha value is -2.65. The molecule has 0 aliphatic carbocycles. The third-order valence-corrected chi connectivity index (χ3v) is 9.89. The zero-order chi connectivity index (χ0) is 32.8. The van der Waals surface area contributed by atoms with Crippen molar-refractivity contribution in [1.82, 2.24) is 19.8 Å². The minimum absolute atomic E-state index is 0.0491.